The van der Waals surface area contributed by atoms with E-state index in [0.29, 0.717) is 12.5 Å². The van der Waals surface area contributed by atoms with E-state index in [4.69, 9.17) is 10.5 Å². The molecule has 1 aliphatic heterocycles. The number of nitrogens with two attached hydrogens (primary N) is 1. The van der Waals surface area contributed by atoms with Gasteiger partial charge in [-0.15, -0.1) is 0 Å². The monoisotopic (exact) mass is 429 g/mol. The van der Waals surface area contributed by atoms with Crippen molar-refractivity contribution in [1.29, 1.82) is 0 Å². The summed E-state index contributed by atoms with van der Waals surface area (Å²) in [4.78, 5) is 9.54. The van der Waals surface area contributed by atoms with Crippen LogP contribution in [0.3, 0.4) is 0 Å². The van der Waals surface area contributed by atoms with Crippen LogP contribution in [-0.4, -0.2) is 44.1 Å². The van der Waals surface area contributed by atoms with E-state index < -0.39 is 0 Å². The summed E-state index contributed by atoms with van der Waals surface area (Å²) in [5, 5.41) is 3.14. The molecule has 0 amide bonds. The molecule has 6 heteroatoms. The molecule has 3 aromatic rings. The number of anilines is 2. The Hall–Kier alpha value is -3.51. The van der Waals surface area contributed by atoms with Gasteiger partial charge >= 0.3 is 0 Å². The Morgan fingerprint density at radius 3 is 2.28 bits per heavy atom. The second-order valence-electron chi connectivity index (χ2n) is 7.89. The van der Waals surface area contributed by atoms with Crippen molar-refractivity contribution in [3.05, 3.63) is 90.0 Å². The third-order valence-electron chi connectivity index (χ3n) is 5.80. The Morgan fingerprint density at radius 1 is 0.875 bits per heavy atom. The van der Waals surface area contributed by atoms with Crippen LogP contribution in [0.1, 0.15) is 11.1 Å². The van der Waals surface area contributed by atoms with Crippen molar-refractivity contribution in [3.63, 3.8) is 0 Å². The van der Waals surface area contributed by atoms with Gasteiger partial charge < -0.3 is 20.7 Å². The highest BCUT2D eigenvalue weighted by molar-refractivity contribution is 5.93. The predicted molar refractivity (Wildman–Crippen MR) is 132 cm³/mol. The normalized spacial score (nSPS) is 14.9. The molecule has 1 aliphatic rings. The summed E-state index contributed by atoms with van der Waals surface area (Å²) in [7, 11) is 1.64. The first-order valence-electron chi connectivity index (χ1n) is 11.0. The Bertz CT molecular complexity index is 1030. The van der Waals surface area contributed by atoms with Crippen LogP contribution in [0.4, 0.5) is 11.4 Å². The van der Waals surface area contributed by atoms with Gasteiger partial charge in [0, 0.05) is 38.4 Å². The van der Waals surface area contributed by atoms with E-state index in [1.807, 2.05) is 24.3 Å². The zero-order chi connectivity index (χ0) is 22.2. The molecule has 0 saturated carbocycles. The number of para-hydroxylation sites is 3. The molecule has 4 rings (SSSR count). The van der Waals surface area contributed by atoms with E-state index in [1.54, 1.807) is 7.11 Å². The number of hydrogen-bond donors (Lipinski definition) is 2. The summed E-state index contributed by atoms with van der Waals surface area (Å²) >= 11 is 0. The minimum Gasteiger partial charge on any atom is -0.495 e. The summed E-state index contributed by atoms with van der Waals surface area (Å²) in [5.74, 6) is 1.11. The fourth-order valence-electron chi connectivity index (χ4n) is 4.01. The molecule has 6 nitrogen and oxygen atoms in total. The van der Waals surface area contributed by atoms with Crippen LogP contribution in [0, 0.1) is 0 Å². The number of rotatable bonds is 7. The topological polar surface area (TPSA) is 66.1 Å². The smallest absolute Gasteiger partial charge is 0.193 e. The van der Waals surface area contributed by atoms with Gasteiger partial charge in [-0.3, -0.25) is 4.90 Å². The lowest BCUT2D eigenvalue weighted by molar-refractivity contribution is 0.249. The maximum Gasteiger partial charge on any atom is 0.193 e. The van der Waals surface area contributed by atoms with Crippen LogP contribution in [-0.2, 0) is 13.1 Å². The molecule has 0 atom stereocenters. The standard InChI is InChI=1S/C26H31N5O/c1-32-25-14-8-7-13-24(25)29-26(27)28-19-21-9-5-6-10-22(21)20-30-15-17-31(18-16-30)23-11-3-2-4-12-23/h2-14H,15-20H2,1H3,(H3,27,28,29). The second kappa shape index (κ2) is 10.7. The van der Waals surface area contributed by atoms with Crippen molar-refractivity contribution in [1.82, 2.24) is 4.90 Å². The third-order valence-corrected chi connectivity index (χ3v) is 5.80. The van der Waals surface area contributed by atoms with E-state index in [0.717, 1.165) is 44.2 Å². The number of guanidine groups is 1. The molecule has 1 heterocycles. The van der Waals surface area contributed by atoms with Crippen molar-refractivity contribution in [2.24, 2.45) is 10.7 Å². The highest BCUT2D eigenvalue weighted by Gasteiger charge is 2.18. The number of benzene rings is 3. The molecule has 166 valence electrons. The van der Waals surface area contributed by atoms with Gasteiger partial charge in [-0.1, -0.05) is 54.6 Å². The van der Waals surface area contributed by atoms with E-state index in [2.05, 4.69) is 74.7 Å². The van der Waals surface area contributed by atoms with Gasteiger partial charge in [0.15, 0.2) is 5.96 Å². The zero-order valence-electron chi connectivity index (χ0n) is 18.6. The molecule has 0 unspecified atom stereocenters. The van der Waals surface area contributed by atoms with Gasteiger partial charge in [0.25, 0.3) is 0 Å². The first-order chi connectivity index (χ1) is 15.7. The van der Waals surface area contributed by atoms with Gasteiger partial charge in [-0.05, 0) is 35.4 Å². The largest absolute Gasteiger partial charge is 0.495 e. The van der Waals surface area contributed by atoms with Crippen LogP contribution < -0.4 is 20.7 Å². The summed E-state index contributed by atoms with van der Waals surface area (Å²) in [6, 6.07) is 26.8. The van der Waals surface area contributed by atoms with Crippen LogP contribution in [0.25, 0.3) is 0 Å². The lowest BCUT2D eigenvalue weighted by Crippen LogP contribution is -2.46. The van der Waals surface area contributed by atoms with Crippen LogP contribution in [0.5, 0.6) is 5.75 Å². The fourth-order valence-corrected chi connectivity index (χ4v) is 4.01. The van der Waals surface area contributed by atoms with Crippen molar-refractivity contribution in [3.8, 4) is 5.75 Å². The highest BCUT2D eigenvalue weighted by Crippen LogP contribution is 2.23. The van der Waals surface area contributed by atoms with Crippen molar-refractivity contribution in [2.45, 2.75) is 13.1 Å². The summed E-state index contributed by atoms with van der Waals surface area (Å²) in [5.41, 5.74) is 10.8. The molecular formula is C26H31N5O. The SMILES string of the molecule is COc1ccccc1NC(N)=NCc1ccccc1CN1CCN(c2ccccc2)CC1. The number of nitrogens with zero attached hydrogens (tertiary/aromatic N) is 3. The molecular weight excluding hydrogens is 398 g/mol. The first kappa shape index (κ1) is 21.7. The minimum atomic E-state index is 0.376. The molecule has 0 aromatic heterocycles. The molecule has 0 bridgehead atoms. The summed E-state index contributed by atoms with van der Waals surface area (Å²) < 4.78 is 5.37. The number of nitrogens with one attached hydrogen (secondary N) is 1. The Balaban J connectivity index is 1.35. The van der Waals surface area contributed by atoms with Crippen molar-refractivity contribution < 1.29 is 4.74 Å². The van der Waals surface area contributed by atoms with E-state index in [-0.39, 0.29) is 0 Å². The second-order valence-corrected chi connectivity index (χ2v) is 7.89. The Labute approximate surface area is 190 Å². The van der Waals surface area contributed by atoms with E-state index in [1.165, 1.54) is 16.8 Å². The number of piperazine rings is 1. The quantitative estimate of drug-likeness (QED) is 0.440. The number of methoxy groups -OCH3 is 1. The van der Waals surface area contributed by atoms with E-state index in [9.17, 15) is 0 Å². The molecule has 1 saturated heterocycles. The van der Waals surface area contributed by atoms with Gasteiger partial charge in [0.2, 0.25) is 0 Å². The van der Waals surface area contributed by atoms with Crippen LogP contribution in [0.2, 0.25) is 0 Å². The molecule has 0 radical (unpaired) electrons. The number of ether oxygens (including phenoxy) is 1. The number of aliphatic imine (C=N–C) groups is 1. The molecule has 3 aromatic carbocycles. The van der Waals surface area contributed by atoms with Crippen molar-refractivity contribution >= 4 is 17.3 Å². The number of hydrogen-bond acceptors (Lipinski definition) is 4. The first-order valence-corrected chi connectivity index (χ1v) is 11.0. The maximum absolute atomic E-state index is 6.15. The molecule has 0 aliphatic carbocycles. The Morgan fingerprint density at radius 2 is 1.53 bits per heavy atom. The average molecular weight is 430 g/mol. The van der Waals surface area contributed by atoms with Crippen molar-refractivity contribution in [2.75, 3.05) is 43.5 Å². The van der Waals surface area contributed by atoms with Crippen LogP contribution in [0.15, 0.2) is 83.9 Å². The van der Waals surface area contributed by atoms with Gasteiger partial charge in [-0.25, -0.2) is 4.99 Å². The summed E-state index contributed by atoms with van der Waals surface area (Å²) in [6.07, 6.45) is 0. The maximum atomic E-state index is 6.15. The zero-order valence-corrected chi connectivity index (χ0v) is 18.6. The lowest BCUT2D eigenvalue weighted by Gasteiger charge is -2.36. The molecule has 3 N–H and O–H groups in total. The highest BCUT2D eigenvalue weighted by atomic mass is 16.5. The van der Waals surface area contributed by atoms with Crippen LogP contribution >= 0.6 is 0 Å². The van der Waals surface area contributed by atoms with Gasteiger partial charge in [-0.2, -0.15) is 0 Å². The summed E-state index contributed by atoms with van der Waals surface area (Å²) in [6.45, 7) is 5.64. The van der Waals surface area contributed by atoms with Gasteiger partial charge in [0.05, 0.1) is 19.3 Å². The molecule has 1 fully saturated rings. The average Bonchev–Trinajstić information content (AvgIpc) is 2.85. The van der Waals surface area contributed by atoms with Gasteiger partial charge in [0.1, 0.15) is 5.75 Å². The fraction of sp³-hybridized carbons (Fsp3) is 0.269. The Kier molecular flexibility index (Phi) is 7.25. The predicted octanol–water partition coefficient (Wildman–Crippen LogP) is 3.94. The lowest BCUT2D eigenvalue weighted by atomic mass is 10.1. The van der Waals surface area contributed by atoms with E-state index >= 15 is 0 Å². The molecule has 0 spiro atoms. The minimum absolute atomic E-state index is 0.376. The third kappa shape index (κ3) is 5.59. The molecule has 32 heavy (non-hydrogen) atoms.